The molecule has 1 amide bonds. The fourth-order valence-corrected chi connectivity index (χ4v) is 4.71. The van der Waals surface area contributed by atoms with E-state index in [9.17, 15) is 9.90 Å². The molecule has 7 nitrogen and oxygen atoms in total. The van der Waals surface area contributed by atoms with Crippen LogP contribution in [0.3, 0.4) is 0 Å². The lowest BCUT2D eigenvalue weighted by Crippen LogP contribution is -2.44. The number of nitrogens with two attached hydrogens (primary N) is 2. The Bertz CT molecular complexity index is 604. The van der Waals surface area contributed by atoms with Gasteiger partial charge in [-0.05, 0) is 57.3 Å². The number of hydrazine groups is 1. The van der Waals surface area contributed by atoms with Crippen molar-refractivity contribution in [1.82, 2.24) is 15.6 Å². The van der Waals surface area contributed by atoms with Crippen LogP contribution < -0.4 is 22.2 Å². The number of amides is 1. The second-order valence-electron chi connectivity index (χ2n) is 9.09. The van der Waals surface area contributed by atoms with Crippen molar-refractivity contribution in [3.05, 3.63) is 23.7 Å². The molecule has 0 bridgehead atoms. The first kappa shape index (κ1) is 23.5. The lowest BCUT2D eigenvalue weighted by Gasteiger charge is -2.40. The van der Waals surface area contributed by atoms with Crippen LogP contribution in [0.2, 0.25) is 0 Å². The van der Waals surface area contributed by atoms with Gasteiger partial charge in [-0.15, -0.1) is 0 Å². The summed E-state index contributed by atoms with van der Waals surface area (Å²) in [6, 6.07) is 0.584. The number of carbonyl (C=O) groups is 1. The summed E-state index contributed by atoms with van der Waals surface area (Å²) < 4.78 is 0. The van der Waals surface area contributed by atoms with Crippen LogP contribution in [0.5, 0.6) is 0 Å². The maximum Gasteiger partial charge on any atom is 0.268 e. The van der Waals surface area contributed by atoms with Crippen molar-refractivity contribution in [2.45, 2.75) is 71.9 Å². The molecule has 0 aromatic heterocycles. The van der Waals surface area contributed by atoms with Crippen molar-refractivity contribution in [2.24, 2.45) is 35.2 Å². The third-order valence-corrected chi connectivity index (χ3v) is 6.76. The van der Waals surface area contributed by atoms with E-state index in [1.54, 1.807) is 11.9 Å². The van der Waals surface area contributed by atoms with Crippen LogP contribution in [0.15, 0.2) is 23.7 Å². The average Bonchev–Trinajstić information content (AvgIpc) is 2.67. The molecule has 7 N–H and O–H groups in total. The highest BCUT2D eigenvalue weighted by Crippen LogP contribution is 2.34. The molecule has 2 aliphatic rings. The van der Waals surface area contributed by atoms with Crippen molar-refractivity contribution in [2.75, 3.05) is 13.1 Å². The van der Waals surface area contributed by atoms with E-state index < -0.39 is 6.10 Å². The summed E-state index contributed by atoms with van der Waals surface area (Å²) in [7, 11) is 0. The van der Waals surface area contributed by atoms with Gasteiger partial charge in [0.1, 0.15) is 5.70 Å². The molecule has 1 aliphatic carbocycles. The Morgan fingerprint density at radius 3 is 2.83 bits per heavy atom. The van der Waals surface area contributed by atoms with Gasteiger partial charge in [-0.1, -0.05) is 26.3 Å². The molecule has 0 saturated heterocycles. The van der Waals surface area contributed by atoms with Crippen LogP contribution in [-0.2, 0) is 4.79 Å². The normalized spacial score (nSPS) is 27.7. The van der Waals surface area contributed by atoms with Crippen molar-refractivity contribution >= 4 is 5.91 Å². The number of hydrogen-bond donors (Lipinski definition) is 5. The summed E-state index contributed by atoms with van der Waals surface area (Å²) in [5.41, 5.74) is 7.36. The topological polar surface area (TPSA) is 117 Å². The largest absolute Gasteiger partial charge is 0.393 e. The van der Waals surface area contributed by atoms with E-state index in [0.717, 1.165) is 32.1 Å². The van der Waals surface area contributed by atoms with Crippen LogP contribution in [0.1, 0.15) is 59.8 Å². The molecule has 1 heterocycles. The summed E-state index contributed by atoms with van der Waals surface area (Å²) >= 11 is 0. The second kappa shape index (κ2) is 10.9. The van der Waals surface area contributed by atoms with Crippen LogP contribution >= 0.6 is 0 Å². The molecule has 0 aromatic rings. The minimum Gasteiger partial charge on any atom is -0.393 e. The summed E-state index contributed by atoms with van der Waals surface area (Å²) in [6.07, 6.45) is 8.83. The number of allylic oxidation sites excluding steroid dienone is 2. The number of rotatable bonds is 9. The zero-order chi connectivity index (χ0) is 21.6. The number of hydrogen-bond acceptors (Lipinski definition) is 6. The first-order valence-corrected chi connectivity index (χ1v) is 11.1. The predicted octanol–water partition coefficient (Wildman–Crippen LogP) is 1.80. The van der Waals surface area contributed by atoms with Gasteiger partial charge in [0.2, 0.25) is 0 Å². The van der Waals surface area contributed by atoms with Crippen LogP contribution in [0.4, 0.5) is 0 Å². The summed E-state index contributed by atoms with van der Waals surface area (Å²) in [6.45, 7) is 9.15. The van der Waals surface area contributed by atoms with Gasteiger partial charge in [0.15, 0.2) is 0 Å². The van der Waals surface area contributed by atoms with Gasteiger partial charge in [-0.2, -0.15) is 0 Å². The van der Waals surface area contributed by atoms with Crippen molar-refractivity contribution in [1.29, 1.82) is 0 Å². The Morgan fingerprint density at radius 2 is 2.17 bits per heavy atom. The number of carbonyl (C=O) groups excluding carboxylic acids is 1. The number of nitrogens with one attached hydrogen (secondary N) is 2. The summed E-state index contributed by atoms with van der Waals surface area (Å²) in [5, 5.41) is 17.9. The molecule has 7 heteroatoms. The van der Waals surface area contributed by atoms with Gasteiger partial charge in [0, 0.05) is 36.9 Å². The SMILES string of the molecule is CCC(C)C(CNC(=O)/C(N)=C/N(N)CC1CCC2NC(C)=CCC2C1)C(C)O. The monoisotopic (exact) mass is 407 g/mol. The molecule has 29 heavy (non-hydrogen) atoms. The van der Waals surface area contributed by atoms with E-state index in [0.29, 0.717) is 36.9 Å². The fourth-order valence-electron chi connectivity index (χ4n) is 4.71. The Balaban J connectivity index is 1.81. The highest BCUT2D eigenvalue weighted by atomic mass is 16.3. The number of nitrogens with zero attached hydrogens (tertiary/aromatic N) is 1. The molecule has 1 saturated carbocycles. The smallest absolute Gasteiger partial charge is 0.268 e. The van der Waals surface area contributed by atoms with Crippen molar-refractivity contribution in [3.8, 4) is 0 Å². The molecular formula is C22H41N5O2. The molecule has 6 unspecified atom stereocenters. The van der Waals surface area contributed by atoms with Gasteiger partial charge in [-0.25, -0.2) is 5.84 Å². The lowest BCUT2D eigenvalue weighted by atomic mass is 9.75. The molecule has 0 radical (unpaired) electrons. The van der Waals surface area contributed by atoms with Gasteiger partial charge >= 0.3 is 0 Å². The highest BCUT2D eigenvalue weighted by Gasteiger charge is 2.32. The fraction of sp³-hybridized carbons (Fsp3) is 0.773. The molecule has 0 aromatic carbocycles. The molecule has 1 aliphatic heterocycles. The molecule has 2 rings (SSSR count). The van der Waals surface area contributed by atoms with E-state index >= 15 is 0 Å². The Labute approximate surface area is 175 Å². The van der Waals surface area contributed by atoms with Crippen LogP contribution in [0, 0.1) is 23.7 Å². The van der Waals surface area contributed by atoms with E-state index in [1.165, 1.54) is 11.9 Å². The van der Waals surface area contributed by atoms with Gasteiger partial charge in [0.05, 0.1) is 6.10 Å². The maximum absolute atomic E-state index is 12.3. The third-order valence-electron chi connectivity index (χ3n) is 6.76. The number of aliphatic hydroxyl groups is 1. The minimum absolute atomic E-state index is 0.00250. The van der Waals surface area contributed by atoms with E-state index in [1.807, 2.05) is 0 Å². The first-order chi connectivity index (χ1) is 13.7. The molecular weight excluding hydrogens is 366 g/mol. The van der Waals surface area contributed by atoms with Gasteiger partial charge in [0.25, 0.3) is 5.91 Å². The van der Waals surface area contributed by atoms with E-state index in [4.69, 9.17) is 11.6 Å². The standard InChI is InChI=1S/C22H41N5O2/c1-5-14(2)19(16(4)28)11-25-22(29)20(23)13-27(24)12-17-7-9-21-18(10-17)8-6-15(3)26-21/h6,13-14,16-19,21,26,28H,5,7-12,23-24H2,1-4H3,(H,25,29)/b20-13-. The van der Waals surface area contributed by atoms with E-state index in [-0.39, 0.29) is 17.5 Å². The van der Waals surface area contributed by atoms with Crippen LogP contribution in [-0.4, -0.2) is 41.3 Å². The highest BCUT2D eigenvalue weighted by molar-refractivity contribution is 5.92. The number of aliphatic hydroxyl groups excluding tert-OH is 1. The zero-order valence-corrected chi connectivity index (χ0v) is 18.5. The first-order valence-electron chi connectivity index (χ1n) is 11.1. The van der Waals surface area contributed by atoms with Crippen molar-refractivity contribution in [3.63, 3.8) is 0 Å². The zero-order valence-electron chi connectivity index (χ0n) is 18.5. The Morgan fingerprint density at radius 1 is 1.45 bits per heavy atom. The summed E-state index contributed by atoms with van der Waals surface area (Å²) in [4.78, 5) is 12.3. The summed E-state index contributed by atoms with van der Waals surface area (Å²) in [5.74, 6) is 7.28. The Hall–Kier alpha value is -1.73. The van der Waals surface area contributed by atoms with Gasteiger partial charge in [-0.3, -0.25) is 4.79 Å². The third kappa shape index (κ3) is 6.93. The molecule has 1 fully saturated rings. The average molecular weight is 408 g/mol. The molecule has 6 atom stereocenters. The molecule has 166 valence electrons. The molecule has 0 spiro atoms. The van der Waals surface area contributed by atoms with Gasteiger partial charge < -0.3 is 26.5 Å². The van der Waals surface area contributed by atoms with Crippen molar-refractivity contribution < 1.29 is 9.90 Å². The quantitative estimate of drug-likeness (QED) is 0.226. The number of fused-ring (bicyclic) bond motifs is 1. The predicted molar refractivity (Wildman–Crippen MR) is 117 cm³/mol. The maximum atomic E-state index is 12.3. The second-order valence-corrected chi connectivity index (χ2v) is 9.09. The minimum atomic E-state index is -0.482. The van der Waals surface area contributed by atoms with Crippen LogP contribution in [0.25, 0.3) is 0 Å². The lowest BCUT2D eigenvalue weighted by molar-refractivity contribution is -0.118. The van der Waals surface area contributed by atoms with E-state index in [2.05, 4.69) is 37.5 Å². The Kier molecular flexibility index (Phi) is 8.83.